The lowest BCUT2D eigenvalue weighted by molar-refractivity contribution is -0.165. The third-order valence-corrected chi connectivity index (χ3v) is 3.67. The third-order valence-electron chi connectivity index (χ3n) is 3.67. The molecule has 0 aromatic carbocycles. The van der Waals surface area contributed by atoms with E-state index in [1.807, 2.05) is 6.92 Å². The molecular weight excluding hydrogens is 260 g/mol. The van der Waals surface area contributed by atoms with E-state index in [1.165, 1.54) is 24.3 Å². The summed E-state index contributed by atoms with van der Waals surface area (Å²) in [6.45, 7) is 3.63. The Hall–Kier alpha value is -2.24. The maximum absolute atomic E-state index is 12.0. The average Bonchev–Trinajstić information content (AvgIpc) is 2.92. The van der Waals surface area contributed by atoms with Crippen LogP contribution in [0, 0.1) is 0 Å². The Morgan fingerprint density at radius 2 is 1.15 bits per heavy atom. The molecule has 0 bridgehead atoms. The van der Waals surface area contributed by atoms with Crippen molar-refractivity contribution in [2.24, 2.45) is 0 Å². The van der Waals surface area contributed by atoms with Crippen LogP contribution in [0.1, 0.15) is 33.1 Å². The molecule has 0 atom stereocenters. The topological polar surface area (TPSA) is 74.8 Å². The highest BCUT2D eigenvalue weighted by Gasteiger charge is 2.51. The molecule has 20 heavy (non-hydrogen) atoms. The minimum absolute atomic E-state index is 0.305. The molecule has 2 rings (SSSR count). The van der Waals surface area contributed by atoms with Crippen LogP contribution < -0.4 is 0 Å². The Bertz CT molecular complexity index is 469. The van der Waals surface area contributed by atoms with E-state index in [9.17, 15) is 19.2 Å². The van der Waals surface area contributed by atoms with Gasteiger partial charge in [-0.15, -0.1) is 0 Å². The molecule has 0 saturated carbocycles. The molecule has 4 amide bonds. The van der Waals surface area contributed by atoms with Gasteiger partial charge in [0, 0.05) is 24.3 Å². The molecular formula is C14H16N2O4. The fourth-order valence-corrected chi connectivity index (χ4v) is 2.84. The minimum atomic E-state index is -1.22. The highest BCUT2D eigenvalue weighted by molar-refractivity contribution is 6.17. The van der Waals surface area contributed by atoms with E-state index in [-0.39, 0.29) is 0 Å². The summed E-state index contributed by atoms with van der Waals surface area (Å²) >= 11 is 0. The van der Waals surface area contributed by atoms with Gasteiger partial charge in [0.1, 0.15) is 5.66 Å². The van der Waals surface area contributed by atoms with Crippen molar-refractivity contribution in [3.8, 4) is 0 Å². The van der Waals surface area contributed by atoms with Crippen LogP contribution in [0.5, 0.6) is 0 Å². The third kappa shape index (κ3) is 1.88. The summed E-state index contributed by atoms with van der Waals surface area (Å²) in [5.74, 6) is -1.95. The number of amides is 4. The van der Waals surface area contributed by atoms with Gasteiger partial charge in [0.25, 0.3) is 23.6 Å². The van der Waals surface area contributed by atoms with Crippen LogP contribution in [0.15, 0.2) is 24.3 Å². The number of nitrogens with zero attached hydrogens (tertiary/aromatic N) is 2. The van der Waals surface area contributed by atoms with Gasteiger partial charge >= 0.3 is 0 Å². The quantitative estimate of drug-likeness (QED) is 0.694. The number of carbonyl (C=O) groups is 4. The van der Waals surface area contributed by atoms with E-state index in [2.05, 4.69) is 0 Å². The Kier molecular flexibility index (Phi) is 3.57. The van der Waals surface area contributed by atoms with E-state index < -0.39 is 29.3 Å². The molecule has 2 aliphatic rings. The summed E-state index contributed by atoms with van der Waals surface area (Å²) in [5, 5.41) is 0. The van der Waals surface area contributed by atoms with Gasteiger partial charge < -0.3 is 0 Å². The number of hydrogen-bond donors (Lipinski definition) is 0. The second kappa shape index (κ2) is 5.03. The fourth-order valence-electron chi connectivity index (χ4n) is 2.84. The van der Waals surface area contributed by atoms with Crippen molar-refractivity contribution < 1.29 is 19.2 Å². The molecule has 6 heteroatoms. The van der Waals surface area contributed by atoms with Gasteiger partial charge in [0.15, 0.2) is 0 Å². The Morgan fingerprint density at radius 3 is 1.40 bits per heavy atom. The van der Waals surface area contributed by atoms with Crippen molar-refractivity contribution in [3.05, 3.63) is 24.3 Å². The van der Waals surface area contributed by atoms with Crippen LogP contribution in [-0.4, -0.2) is 39.1 Å². The first-order valence-electron chi connectivity index (χ1n) is 6.60. The first-order chi connectivity index (χ1) is 9.47. The molecule has 0 spiro atoms. The summed E-state index contributed by atoms with van der Waals surface area (Å²) < 4.78 is 0. The summed E-state index contributed by atoms with van der Waals surface area (Å²) in [6.07, 6.45) is 5.96. The number of hydrogen-bond acceptors (Lipinski definition) is 4. The summed E-state index contributed by atoms with van der Waals surface area (Å²) in [6, 6.07) is 0. The highest BCUT2D eigenvalue weighted by atomic mass is 16.2. The lowest BCUT2D eigenvalue weighted by Crippen LogP contribution is -2.64. The van der Waals surface area contributed by atoms with Crippen molar-refractivity contribution in [2.45, 2.75) is 38.8 Å². The van der Waals surface area contributed by atoms with Crippen LogP contribution in [0.4, 0.5) is 0 Å². The first kappa shape index (κ1) is 14.2. The molecule has 106 valence electrons. The lowest BCUT2D eigenvalue weighted by Gasteiger charge is -2.45. The van der Waals surface area contributed by atoms with Crippen LogP contribution >= 0.6 is 0 Å². The zero-order valence-corrected chi connectivity index (χ0v) is 11.5. The maximum Gasteiger partial charge on any atom is 0.255 e. The zero-order valence-electron chi connectivity index (χ0n) is 11.5. The average molecular weight is 276 g/mol. The van der Waals surface area contributed by atoms with Crippen molar-refractivity contribution in [1.29, 1.82) is 0 Å². The minimum Gasteiger partial charge on any atom is -0.269 e. The molecule has 0 N–H and O–H groups in total. The van der Waals surface area contributed by atoms with Gasteiger partial charge in [0.2, 0.25) is 0 Å². The largest absolute Gasteiger partial charge is 0.269 e. The SMILES string of the molecule is CCCC(CC)(N1C(=O)C=CC1=O)N1C(=O)C=CC1=O. The van der Waals surface area contributed by atoms with Gasteiger partial charge in [-0.3, -0.25) is 29.0 Å². The van der Waals surface area contributed by atoms with Gasteiger partial charge in [-0.1, -0.05) is 20.3 Å². The Labute approximate surface area is 116 Å². The summed E-state index contributed by atoms with van der Waals surface area (Å²) in [4.78, 5) is 50.0. The fraction of sp³-hybridized carbons (Fsp3) is 0.429. The molecule has 0 radical (unpaired) electrons. The molecule has 0 aliphatic carbocycles. The van der Waals surface area contributed by atoms with Crippen molar-refractivity contribution >= 4 is 23.6 Å². The smallest absolute Gasteiger partial charge is 0.255 e. The Morgan fingerprint density at radius 1 is 0.800 bits per heavy atom. The standard InChI is InChI=1S/C14H16N2O4/c1-3-9-14(4-2,15-10(17)5-6-11(15)18)16-12(19)7-8-13(16)20/h5-8H,3-4,9H2,1-2H3. The van der Waals surface area contributed by atoms with E-state index in [4.69, 9.17) is 0 Å². The van der Waals surface area contributed by atoms with Crippen LogP contribution in [-0.2, 0) is 19.2 Å². The molecule has 6 nitrogen and oxygen atoms in total. The van der Waals surface area contributed by atoms with Crippen molar-refractivity contribution in [2.75, 3.05) is 0 Å². The lowest BCUT2D eigenvalue weighted by atomic mass is 9.96. The molecule has 2 heterocycles. The van der Waals surface area contributed by atoms with E-state index in [1.54, 1.807) is 6.92 Å². The van der Waals surface area contributed by atoms with Crippen molar-refractivity contribution in [3.63, 3.8) is 0 Å². The first-order valence-corrected chi connectivity index (χ1v) is 6.60. The van der Waals surface area contributed by atoms with E-state index >= 15 is 0 Å². The highest BCUT2D eigenvalue weighted by Crippen LogP contribution is 2.34. The monoisotopic (exact) mass is 276 g/mol. The van der Waals surface area contributed by atoms with Crippen LogP contribution in [0.2, 0.25) is 0 Å². The second-order valence-corrected chi connectivity index (χ2v) is 4.78. The zero-order chi connectivity index (χ0) is 14.9. The maximum atomic E-state index is 12.0. The molecule has 0 aromatic rings. The van der Waals surface area contributed by atoms with Gasteiger partial charge in [-0.25, -0.2) is 0 Å². The molecule has 2 aliphatic heterocycles. The number of imide groups is 2. The summed E-state index contributed by atoms with van der Waals surface area (Å²) in [5.41, 5.74) is -1.22. The molecule has 0 saturated heterocycles. The molecule has 0 unspecified atom stereocenters. The Balaban J connectivity index is 2.51. The van der Waals surface area contributed by atoms with Crippen LogP contribution in [0.3, 0.4) is 0 Å². The van der Waals surface area contributed by atoms with Gasteiger partial charge in [-0.05, 0) is 12.8 Å². The van der Waals surface area contributed by atoms with Gasteiger partial charge in [-0.2, -0.15) is 0 Å². The van der Waals surface area contributed by atoms with Crippen LogP contribution in [0.25, 0.3) is 0 Å². The number of carbonyl (C=O) groups excluding carboxylic acids is 4. The molecule has 0 aromatic heterocycles. The van der Waals surface area contributed by atoms with Gasteiger partial charge in [0.05, 0.1) is 0 Å². The summed E-state index contributed by atoms with van der Waals surface area (Å²) in [7, 11) is 0. The van der Waals surface area contributed by atoms with E-state index in [0.717, 1.165) is 9.80 Å². The van der Waals surface area contributed by atoms with E-state index in [0.29, 0.717) is 19.3 Å². The van der Waals surface area contributed by atoms with Crippen molar-refractivity contribution in [1.82, 2.24) is 9.80 Å². The normalized spacial score (nSPS) is 18.9. The molecule has 0 fully saturated rings. The predicted molar refractivity (Wildman–Crippen MR) is 69.9 cm³/mol. The number of rotatable bonds is 5. The second-order valence-electron chi connectivity index (χ2n) is 4.78. The predicted octanol–water partition coefficient (Wildman–Crippen LogP) is 0.743.